The molecule has 0 saturated carbocycles. The van der Waals surface area contributed by atoms with Gasteiger partial charge in [0.15, 0.2) is 11.5 Å². The van der Waals surface area contributed by atoms with Crippen LogP contribution in [-0.4, -0.2) is 38.4 Å². The highest BCUT2D eigenvalue weighted by atomic mass is 16.5. The highest BCUT2D eigenvalue weighted by Gasteiger charge is 2.32. The molecule has 1 aliphatic rings. The zero-order chi connectivity index (χ0) is 20.8. The Morgan fingerprint density at radius 2 is 1.83 bits per heavy atom. The Labute approximate surface area is 169 Å². The first kappa shape index (κ1) is 20.1. The molecular weight excluding hydrogens is 372 g/mol. The van der Waals surface area contributed by atoms with Crippen molar-refractivity contribution in [2.24, 2.45) is 5.10 Å². The minimum Gasteiger partial charge on any atom is -0.493 e. The van der Waals surface area contributed by atoms with Gasteiger partial charge in [0.25, 0.3) is 5.91 Å². The highest BCUT2D eigenvalue weighted by molar-refractivity contribution is 6.34. The predicted octanol–water partition coefficient (Wildman–Crippen LogP) is 3.44. The molecule has 2 aromatic carbocycles. The number of hydrazone groups is 1. The minimum atomic E-state index is -0.447. The van der Waals surface area contributed by atoms with Gasteiger partial charge in [0, 0.05) is 5.56 Å². The number of hydrogen-bond acceptors (Lipinski definition) is 6. The summed E-state index contributed by atoms with van der Waals surface area (Å²) in [5.41, 5.74) is 1.89. The van der Waals surface area contributed by atoms with E-state index in [2.05, 4.69) is 5.10 Å². The number of para-hydroxylation sites is 2. The van der Waals surface area contributed by atoms with Crippen molar-refractivity contribution in [3.05, 3.63) is 59.7 Å². The van der Waals surface area contributed by atoms with Gasteiger partial charge in [-0.2, -0.15) is 10.1 Å². The average Bonchev–Trinajstić information content (AvgIpc) is 3.04. The molecule has 1 amide bonds. The summed E-state index contributed by atoms with van der Waals surface area (Å²) in [5.74, 6) is 0.248. The van der Waals surface area contributed by atoms with Gasteiger partial charge in [0.2, 0.25) is 0 Å². The molecule has 0 aliphatic carbocycles. The van der Waals surface area contributed by atoms with Crippen molar-refractivity contribution in [1.82, 2.24) is 0 Å². The maximum absolute atomic E-state index is 13.1. The summed E-state index contributed by atoms with van der Waals surface area (Å²) in [7, 11) is 3.07. The lowest BCUT2D eigenvalue weighted by Gasteiger charge is -2.12. The molecule has 7 nitrogen and oxygen atoms in total. The summed E-state index contributed by atoms with van der Waals surface area (Å²) in [6.07, 6.45) is 1.55. The van der Waals surface area contributed by atoms with Crippen molar-refractivity contribution in [2.75, 3.05) is 25.8 Å². The summed E-state index contributed by atoms with van der Waals surface area (Å²) in [6, 6.07) is 14.4. The van der Waals surface area contributed by atoms with Crippen LogP contribution < -0.4 is 14.5 Å². The van der Waals surface area contributed by atoms with Crippen molar-refractivity contribution >= 4 is 29.4 Å². The molecule has 0 spiro atoms. The SMILES string of the molecule is CCOC(=O)CC1=NN(c2ccccc2)C(=O)/C1=C\c1cccc(OC)c1OC. The van der Waals surface area contributed by atoms with E-state index in [0.717, 1.165) is 0 Å². The third-order valence-corrected chi connectivity index (χ3v) is 4.31. The van der Waals surface area contributed by atoms with Crippen molar-refractivity contribution in [3.8, 4) is 11.5 Å². The fourth-order valence-corrected chi connectivity index (χ4v) is 3.01. The molecule has 0 N–H and O–H groups in total. The Hall–Kier alpha value is -3.61. The Bertz CT molecular complexity index is 966. The van der Waals surface area contributed by atoms with Crippen LogP contribution in [0, 0.1) is 0 Å². The van der Waals surface area contributed by atoms with Gasteiger partial charge in [-0.15, -0.1) is 0 Å². The van der Waals surface area contributed by atoms with Crippen molar-refractivity contribution < 1.29 is 23.8 Å². The van der Waals surface area contributed by atoms with Gasteiger partial charge < -0.3 is 14.2 Å². The van der Waals surface area contributed by atoms with Crippen molar-refractivity contribution in [1.29, 1.82) is 0 Å². The topological polar surface area (TPSA) is 77.4 Å². The summed E-state index contributed by atoms with van der Waals surface area (Å²) >= 11 is 0. The van der Waals surface area contributed by atoms with Gasteiger partial charge in [-0.1, -0.05) is 30.3 Å². The Balaban J connectivity index is 2.05. The van der Waals surface area contributed by atoms with E-state index in [9.17, 15) is 9.59 Å². The lowest BCUT2D eigenvalue weighted by Crippen LogP contribution is -2.21. The van der Waals surface area contributed by atoms with Gasteiger partial charge >= 0.3 is 5.97 Å². The molecule has 0 unspecified atom stereocenters. The maximum Gasteiger partial charge on any atom is 0.311 e. The number of methoxy groups -OCH3 is 2. The summed E-state index contributed by atoms with van der Waals surface area (Å²) in [5, 5.41) is 5.68. The van der Waals surface area contributed by atoms with Crippen LogP contribution in [0.2, 0.25) is 0 Å². The van der Waals surface area contributed by atoms with E-state index in [0.29, 0.717) is 34.0 Å². The second-order valence-electron chi connectivity index (χ2n) is 6.12. The van der Waals surface area contributed by atoms with E-state index in [1.54, 1.807) is 50.4 Å². The van der Waals surface area contributed by atoms with Crippen LogP contribution >= 0.6 is 0 Å². The van der Waals surface area contributed by atoms with Crippen LogP contribution in [0.25, 0.3) is 6.08 Å². The van der Waals surface area contributed by atoms with Crippen LogP contribution in [0.5, 0.6) is 11.5 Å². The van der Waals surface area contributed by atoms with Gasteiger partial charge in [-0.25, -0.2) is 0 Å². The molecule has 29 heavy (non-hydrogen) atoms. The van der Waals surface area contributed by atoms with Crippen LogP contribution in [0.3, 0.4) is 0 Å². The average molecular weight is 394 g/mol. The van der Waals surface area contributed by atoms with Crippen LogP contribution in [0.15, 0.2) is 59.2 Å². The number of esters is 1. The zero-order valence-corrected chi connectivity index (χ0v) is 16.5. The number of hydrogen-bond donors (Lipinski definition) is 0. The number of anilines is 1. The smallest absolute Gasteiger partial charge is 0.311 e. The lowest BCUT2D eigenvalue weighted by atomic mass is 10.0. The molecule has 3 rings (SSSR count). The third-order valence-electron chi connectivity index (χ3n) is 4.31. The molecule has 0 aromatic heterocycles. The first-order valence-corrected chi connectivity index (χ1v) is 9.14. The van der Waals surface area contributed by atoms with E-state index < -0.39 is 5.97 Å². The molecule has 0 saturated heterocycles. The van der Waals surface area contributed by atoms with E-state index >= 15 is 0 Å². The molecule has 0 bridgehead atoms. The van der Waals surface area contributed by atoms with Gasteiger partial charge in [-0.3, -0.25) is 9.59 Å². The Kier molecular flexibility index (Phi) is 6.29. The first-order valence-electron chi connectivity index (χ1n) is 9.14. The fraction of sp³-hybridized carbons (Fsp3) is 0.227. The van der Waals surface area contributed by atoms with Crippen LogP contribution in [0.4, 0.5) is 5.69 Å². The molecular formula is C22H22N2O5. The number of benzene rings is 2. The van der Waals surface area contributed by atoms with Gasteiger partial charge in [-0.05, 0) is 31.2 Å². The summed E-state index contributed by atoms with van der Waals surface area (Å²) in [6.45, 7) is 1.98. The van der Waals surface area contributed by atoms with E-state index in [1.807, 2.05) is 18.2 Å². The molecule has 1 aliphatic heterocycles. The number of ether oxygens (including phenoxy) is 3. The van der Waals surface area contributed by atoms with Crippen LogP contribution in [0.1, 0.15) is 18.9 Å². The van der Waals surface area contributed by atoms with E-state index in [1.165, 1.54) is 12.1 Å². The molecule has 7 heteroatoms. The molecule has 0 atom stereocenters. The second-order valence-corrected chi connectivity index (χ2v) is 6.12. The molecule has 0 fully saturated rings. The number of amides is 1. The minimum absolute atomic E-state index is 0.110. The Morgan fingerprint density at radius 3 is 2.48 bits per heavy atom. The molecule has 2 aromatic rings. The summed E-state index contributed by atoms with van der Waals surface area (Å²) < 4.78 is 15.8. The second kappa shape index (κ2) is 9.05. The number of nitrogens with zero attached hydrogens (tertiary/aromatic N) is 2. The van der Waals surface area contributed by atoms with E-state index in [-0.39, 0.29) is 18.9 Å². The number of carbonyl (C=O) groups excluding carboxylic acids is 2. The van der Waals surface area contributed by atoms with Crippen LogP contribution in [-0.2, 0) is 14.3 Å². The number of carbonyl (C=O) groups is 2. The van der Waals surface area contributed by atoms with E-state index in [4.69, 9.17) is 14.2 Å². The maximum atomic E-state index is 13.1. The zero-order valence-electron chi connectivity index (χ0n) is 16.5. The predicted molar refractivity (Wildman–Crippen MR) is 110 cm³/mol. The molecule has 0 radical (unpaired) electrons. The van der Waals surface area contributed by atoms with Crippen molar-refractivity contribution in [2.45, 2.75) is 13.3 Å². The van der Waals surface area contributed by atoms with Gasteiger partial charge in [0.1, 0.15) is 0 Å². The lowest BCUT2D eigenvalue weighted by molar-refractivity contribution is -0.141. The van der Waals surface area contributed by atoms with Crippen molar-refractivity contribution in [3.63, 3.8) is 0 Å². The Morgan fingerprint density at radius 1 is 1.07 bits per heavy atom. The standard InChI is InChI=1S/C22H22N2O5/c1-4-29-20(25)14-18-17(13-15-9-8-12-19(27-2)21(15)28-3)22(26)24(23-18)16-10-6-5-7-11-16/h5-13H,4,14H2,1-3H3/b17-13-. The normalized spacial score (nSPS) is 14.7. The quantitative estimate of drug-likeness (QED) is 0.531. The fourth-order valence-electron chi connectivity index (χ4n) is 3.01. The molecule has 1 heterocycles. The largest absolute Gasteiger partial charge is 0.493 e. The third kappa shape index (κ3) is 4.29. The van der Waals surface area contributed by atoms with Gasteiger partial charge in [0.05, 0.1) is 44.2 Å². The summed E-state index contributed by atoms with van der Waals surface area (Å²) in [4.78, 5) is 25.2. The molecule has 150 valence electrons. The monoisotopic (exact) mass is 394 g/mol. The first-order chi connectivity index (χ1) is 14.1. The highest BCUT2D eigenvalue weighted by Crippen LogP contribution is 2.34. The number of rotatable bonds is 7.